The average Bonchev–Trinajstić information content (AvgIpc) is 3.57. The average molecular weight is 453 g/mol. The molecule has 0 bridgehead atoms. The fourth-order valence-corrected chi connectivity index (χ4v) is 4.31. The number of hydrogen-bond acceptors (Lipinski definition) is 5. The zero-order valence-electron chi connectivity index (χ0n) is 18.5. The summed E-state index contributed by atoms with van der Waals surface area (Å²) in [6.07, 6.45) is 0.334. The van der Waals surface area contributed by atoms with Crippen molar-refractivity contribution in [1.82, 2.24) is 10.2 Å². The number of carboxylic acid groups (broad SMARTS) is 1. The maximum atomic E-state index is 12.8. The highest BCUT2D eigenvalue weighted by molar-refractivity contribution is 5.85. The van der Waals surface area contributed by atoms with E-state index < -0.39 is 24.1 Å². The number of benzene rings is 2. The van der Waals surface area contributed by atoms with E-state index >= 15 is 0 Å². The molecular formula is C25H28N2O6. The first-order chi connectivity index (χ1) is 16.0. The summed E-state index contributed by atoms with van der Waals surface area (Å²) in [5.41, 5.74) is 4.50. The first-order valence-corrected chi connectivity index (χ1v) is 11.1. The third-order valence-corrected chi connectivity index (χ3v) is 6.15. The topological polar surface area (TPSA) is 105 Å². The third-order valence-electron chi connectivity index (χ3n) is 6.15. The van der Waals surface area contributed by atoms with Gasteiger partial charge in [-0.05, 0) is 41.0 Å². The molecule has 8 nitrogen and oxygen atoms in total. The summed E-state index contributed by atoms with van der Waals surface area (Å²) in [7, 11) is 1.36. The van der Waals surface area contributed by atoms with Crippen molar-refractivity contribution in [2.45, 2.75) is 24.9 Å². The van der Waals surface area contributed by atoms with Crippen LogP contribution in [0.25, 0.3) is 11.1 Å². The molecule has 0 aromatic heterocycles. The lowest BCUT2D eigenvalue weighted by atomic mass is 9.98. The molecule has 4 rings (SSSR count). The van der Waals surface area contributed by atoms with Gasteiger partial charge >= 0.3 is 12.1 Å². The molecule has 1 saturated carbocycles. The fraction of sp³-hybridized carbons (Fsp3) is 0.400. The van der Waals surface area contributed by atoms with Crippen molar-refractivity contribution in [2.75, 3.05) is 33.4 Å². The van der Waals surface area contributed by atoms with E-state index in [9.17, 15) is 14.4 Å². The number of aliphatic carboxylic acids is 1. The molecule has 1 unspecified atom stereocenters. The number of methoxy groups -OCH3 is 1. The summed E-state index contributed by atoms with van der Waals surface area (Å²) in [5.74, 6) is -1.26. The normalized spacial score (nSPS) is 15.3. The van der Waals surface area contributed by atoms with Gasteiger partial charge in [-0.25, -0.2) is 4.79 Å². The number of ether oxygens (including phenoxy) is 2. The molecule has 174 valence electrons. The highest BCUT2D eigenvalue weighted by Crippen LogP contribution is 2.44. The second-order valence-corrected chi connectivity index (χ2v) is 8.49. The molecule has 2 aromatic carbocycles. The molecule has 2 aliphatic rings. The van der Waals surface area contributed by atoms with Crippen molar-refractivity contribution in [2.24, 2.45) is 5.92 Å². The van der Waals surface area contributed by atoms with E-state index in [1.165, 1.54) is 12.0 Å². The molecular weight excluding hydrogens is 424 g/mol. The summed E-state index contributed by atoms with van der Waals surface area (Å²) in [4.78, 5) is 37.6. The van der Waals surface area contributed by atoms with Crippen molar-refractivity contribution in [1.29, 1.82) is 0 Å². The van der Waals surface area contributed by atoms with Gasteiger partial charge < -0.3 is 24.8 Å². The molecule has 0 spiro atoms. The van der Waals surface area contributed by atoms with Crippen molar-refractivity contribution >= 4 is 18.0 Å². The Morgan fingerprint density at radius 2 is 1.67 bits per heavy atom. The van der Waals surface area contributed by atoms with Gasteiger partial charge in [0.1, 0.15) is 13.2 Å². The third kappa shape index (κ3) is 5.34. The maximum absolute atomic E-state index is 12.8. The highest BCUT2D eigenvalue weighted by atomic mass is 16.5. The van der Waals surface area contributed by atoms with Crippen LogP contribution in [0.3, 0.4) is 0 Å². The van der Waals surface area contributed by atoms with Crippen LogP contribution in [0.4, 0.5) is 4.79 Å². The van der Waals surface area contributed by atoms with Gasteiger partial charge in [0.15, 0.2) is 6.10 Å². The van der Waals surface area contributed by atoms with Gasteiger partial charge in [-0.2, -0.15) is 0 Å². The van der Waals surface area contributed by atoms with Gasteiger partial charge in [0.25, 0.3) is 5.91 Å². The number of rotatable bonds is 10. The fourth-order valence-electron chi connectivity index (χ4n) is 4.31. The van der Waals surface area contributed by atoms with E-state index in [-0.39, 0.29) is 25.6 Å². The van der Waals surface area contributed by atoms with Gasteiger partial charge in [-0.3, -0.25) is 9.59 Å². The van der Waals surface area contributed by atoms with E-state index in [1.54, 1.807) is 0 Å². The van der Waals surface area contributed by atoms with Crippen molar-refractivity contribution < 1.29 is 29.0 Å². The maximum Gasteiger partial charge on any atom is 0.407 e. The lowest BCUT2D eigenvalue weighted by Crippen LogP contribution is -2.48. The van der Waals surface area contributed by atoms with Gasteiger partial charge in [-0.1, -0.05) is 48.5 Å². The van der Waals surface area contributed by atoms with Crippen molar-refractivity contribution in [3.63, 3.8) is 0 Å². The van der Waals surface area contributed by atoms with Gasteiger partial charge in [0, 0.05) is 19.6 Å². The monoisotopic (exact) mass is 452 g/mol. The summed E-state index contributed by atoms with van der Waals surface area (Å²) < 4.78 is 10.7. The Morgan fingerprint density at radius 3 is 2.21 bits per heavy atom. The Morgan fingerprint density at radius 1 is 1.06 bits per heavy atom. The van der Waals surface area contributed by atoms with Crippen LogP contribution in [0, 0.1) is 5.92 Å². The predicted molar refractivity (Wildman–Crippen MR) is 121 cm³/mol. The largest absolute Gasteiger partial charge is 0.480 e. The quantitative estimate of drug-likeness (QED) is 0.574. The highest BCUT2D eigenvalue weighted by Gasteiger charge is 2.32. The molecule has 33 heavy (non-hydrogen) atoms. The van der Waals surface area contributed by atoms with Crippen LogP contribution in [0.1, 0.15) is 29.9 Å². The number of hydrogen-bond donors (Lipinski definition) is 2. The summed E-state index contributed by atoms with van der Waals surface area (Å²) in [6, 6.07) is 16.1. The van der Waals surface area contributed by atoms with Crippen molar-refractivity contribution in [3.05, 3.63) is 59.7 Å². The van der Waals surface area contributed by atoms with Crippen molar-refractivity contribution in [3.8, 4) is 11.1 Å². The molecule has 2 amide bonds. The number of carbonyl (C=O) groups is 3. The number of alkyl carbamates (subject to hydrolysis) is 1. The number of carboxylic acids is 1. The molecule has 0 heterocycles. The molecule has 1 atom stereocenters. The Balaban J connectivity index is 1.33. The molecule has 0 saturated heterocycles. The van der Waals surface area contributed by atoms with Gasteiger partial charge in [-0.15, -0.1) is 0 Å². The molecule has 8 heteroatoms. The Labute approximate surface area is 192 Å². The van der Waals surface area contributed by atoms with E-state index in [0.717, 1.165) is 35.1 Å². The summed E-state index contributed by atoms with van der Waals surface area (Å²) in [6.45, 7) is 0.0567. The first-order valence-electron chi connectivity index (χ1n) is 11.1. The molecule has 0 radical (unpaired) electrons. The smallest absolute Gasteiger partial charge is 0.407 e. The van der Waals surface area contributed by atoms with E-state index in [0.29, 0.717) is 12.5 Å². The summed E-state index contributed by atoms with van der Waals surface area (Å²) >= 11 is 0. The Bertz CT molecular complexity index is 990. The standard InChI is InChI=1S/C25H28N2O6/c1-32-22(24(30)27(14-23(28)29)13-16-10-11-16)12-26-25(31)33-15-21-19-8-4-2-6-17(19)18-7-3-5-9-20(18)21/h2-9,16,21-22H,10-15H2,1H3,(H,26,31)(H,28,29). The lowest BCUT2D eigenvalue weighted by molar-refractivity contribution is -0.149. The van der Waals surface area contributed by atoms with Crippen LogP contribution in [0.15, 0.2) is 48.5 Å². The Kier molecular flexibility index (Phi) is 6.93. The number of carbonyl (C=O) groups excluding carboxylic acids is 2. The van der Waals surface area contributed by atoms with Crippen LogP contribution in [0.5, 0.6) is 0 Å². The van der Waals surface area contributed by atoms with Crippen LogP contribution in [-0.4, -0.2) is 67.4 Å². The zero-order chi connectivity index (χ0) is 23.4. The molecule has 2 N–H and O–H groups in total. The van der Waals surface area contributed by atoms with Crippen LogP contribution < -0.4 is 5.32 Å². The Hall–Kier alpha value is -3.39. The molecule has 1 fully saturated rings. The summed E-state index contributed by atoms with van der Waals surface area (Å²) in [5, 5.41) is 11.7. The van der Waals surface area contributed by atoms with Gasteiger partial charge in [0.05, 0.1) is 6.54 Å². The minimum atomic E-state index is -1.08. The van der Waals surface area contributed by atoms with E-state index in [1.807, 2.05) is 36.4 Å². The molecule has 0 aliphatic heterocycles. The van der Waals surface area contributed by atoms with Crippen LogP contribution in [0.2, 0.25) is 0 Å². The number of fused-ring (bicyclic) bond motifs is 3. The van der Waals surface area contributed by atoms with Gasteiger partial charge in [0.2, 0.25) is 0 Å². The van der Waals surface area contributed by atoms with Crippen LogP contribution in [-0.2, 0) is 19.1 Å². The first kappa shape index (κ1) is 22.8. The minimum Gasteiger partial charge on any atom is -0.480 e. The van der Waals surface area contributed by atoms with E-state index in [4.69, 9.17) is 14.6 Å². The zero-order valence-corrected chi connectivity index (χ0v) is 18.5. The lowest BCUT2D eigenvalue weighted by Gasteiger charge is -2.25. The predicted octanol–water partition coefficient (Wildman–Crippen LogP) is 2.86. The van der Waals surface area contributed by atoms with E-state index in [2.05, 4.69) is 17.4 Å². The second kappa shape index (κ2) is 10.0. The van der Waals surface area contributed by atoms with Crippen LogP contribution >= 0.6 is 0 Å². The molecule has 2 aliphatic carbocycles. The second-order valence-electron chi connectivity index (χ2n) is 8.49. The number of nitrogens with zero attached hydrogens (tertiary/aromatic N) is 1. The minimum absolute atomic E-state index is 0.0624. The SMILES string of the molecule is COC(CNC(=O)OCC1c2ccccc2-c2ccccc21)C(=O)N(CC(=O)O)CC1CC1. The number of amides is 2. The number of nitrogens with one attached hydrogen (secondary N) is 1. The molecule has 2 aromatic rings.